The van der Waals surface area contributed by atoms with Crippen molar-refractivity contribution in [3.8, 4) is 11.5 Å². The molecule has 3 heterocycles. The molecule has 4 aromatic rings. The number of ether oxygens (including phenoxy) is 1. The Morgan fingerprint density at radius 2 is 2.07 bits per heavy atom. The van der Waals surface area contributed by atoms with Gasteiger partial charge in [0, 0.05) is 4.47 Å². The zero-order valence-electron chi connectivity index (χ0n) is 15.3. The van der Waals surface area contributed by atoms with Crippen LogP contribution in [0.4, 0.5) is 5.13 Å². The third-order valence-corrected chi connectivity index (χ3v) is 6.09. The van der Waals surface area contributed by atoms with E-state index in [1.807, 2.05) is 0 Å². The first-order chi connectivity index (χ1) is 14.5. The molecule has 1 atom stereocenters. The lowest BCUT2D eigenvalue weighted by atomic mass is 9.98. The maximum Gasteiger partial charge on any atom is 0.297 e. The van der Waals surface area contributed by atoms with Crippen molar-refractivity contribution in [1.82, 2.24) is 10.2 Å². The summed E-state index contributed by atoms with van der Waals surface area (Å²) in [4.78, 5) is 28.2. The number of hydrogen-bond acceptors (Lipinski definition) is 8. The Labute approximate surface area is 181 Å². The summed E-state index contributed by atoms with van der Waals surface area (Å²) in [5.41, 5.74) is 2.27. The lowest BCUT2D eigenvalue weighted by molar-refractivity contribution is 0.0970. The molecule has 0 aliphatic carbocycles. The summed E-state index contributed by atoms with van der Waals surface area (Å²) in [6, 6.07) is 8.89. The van der Waals surface area contributed by atoms with Gasteiger partial charge in [0.1, 0.15) is 11.1 Å². The third-order valence-electron chi connectivity index (χ3n) is 4.91. The molecule has 0 radical (unpaired) electrons. The predicted molar refractivity (Wildman–Crippen MR) is 113 cm³/mol. The molecule has 10 heteroatoms. The molecule has 1 amide bonds. The quantitative estimate of drug-likeness (QED) is 0.469. The first-order valence-corrected chi connectivity index (χ1v) is 10.4. The van der Waals surface area contributed by atoms with Gasteiger partial charge in [-0.1, -0.05) is 33.3 Å². The van der Waals surface area contributed by atoms with Gasteiger partial charge in [-0.15, -0.1) is 10.2 Å². The van der Waals surface area contributed by atoms with Gasteiger partial charge in [0.05, 0.1) is 24.1 Å². The fourth-order valence-corrected chi connectivity index (χ4v) is 4.54. The molecule has 8 nitrogen and oxygen atoms in total. The van der Waals surface area contributed by atoms with Crippen molar-refractivity contribution in [2.45, 2.75) is 6.04 Å². The number of rotatable bonds is 3. The molecule has 1 unspecified atom stereocenters. The van der Waals surface area contributed by atoms with Gasteiger partial charge >= 0.3 is 0 Å². The molecule has 0 fully saturated rings. The normalized spacial score (nSPS) is 15.6. The maximum absolute atomic E-state index is 13.5. The van der Waals surface area contributed by atoms with Crippen molar-refractivity contribution < 1.29 is 19.1 Å². The maximum atomic E-state index is 13.5. The Bertz CT molecular complexity index is 1370. The average Bonchev–Trinajstić information content (AvgIpc) is 3.36. The van der Waals surface area contributed by atoms with E-state index in [4.69, 9.17) is 9.15 Å². The lowest BCUT2D eigenvalue weighted by Gasteiger charge is -2.22. The number of amides is 1. The highest BCUT2D eigenvalue weighted by atomic mass is 79.9. The highest BCUT2D eigenvalue weighted by Gasteiger charge is 2.45. The zero-order valence-corrected chi connectivity index (χ0v) is 17.7. The van der Waals surface area contributed by atoms with E-state index >= 15 is 0 Å². The van der Waals surface area contributed by atoms with Crippen LogP contribution in [-0.2, 0) is 0 Å². The van der Waals surface area contributed by atoms with Gasteiger partial charge in [0.15, 0.2) is 16.9 Å². The van der Waals surface area contributed by atoms with Crippen LogP contribution in [0.2, 0.25) is 0 Å². The third kappa shape index (κ3) is 2.71. The van der Waals surface area contributed by atoms with E-state index in [1.165, 1.54) is 34.9 Å². The number of benzene rings is 2. The second kappa shape index (κ2) is 6.92. The highest BCUT2D eigenvalue weighted by molar-refractivity contribution is 9.10. The highest BCUT2D eigenvalue weighted by Crippen LogP contribution is 2.43. The molecule has 0 spiro atoms. The number of hydrogen-bond donors (Lipinski definition) is 1. The van der Waals surface area contributed by atoms with Gasteiger partial charge in [-0.25, -0.2) is 0 Å². The predicted octanol–water partition coefficient (Wildman–Crippen LogP) is 3.87. The molecule has 5 rings (SSSR count). The fourth-order valence-electron chi connectivity index (χ4n) is 3.59. The van der Waals surface area contributed by atoms with Crippen LogP contribution in [0.1, 0.15) is 27.7 Å². The van der Waals surface area contributed by atoms with Crippen LogP contribution in [0.15, 0.2) is 55.6 Å². The Balaban J connectivity index is 1.83. The Hall–Kier alpha value is -3.24. The van der Waals surface area contributed by atoms with E-state index < -0.39 is 11.9 Å². The van der Waals surface area contributed by atoms with Crippen molar-refractivity contribution in [2.75, 3.05) is 12.0 Å². The molecule has 1 aliphatic heterocycles. The number of carbonyl (C=O) groups is 1. The summed E-state index contributed by atoms with van der Waals surface area (Å²) in [7, 11) is 1.43. The minimum Gasteiger partial charge on any atom is -0.504 e. The number of methoxy groups -OCH3 is 1. The summed E-state index contributed by atoms with van der Waals surface area (Å²) < 4.78 is 11.8. The average molecular weight is 486 g/mol. The van der Waals surface area contributed by atoms with Gasteiger partial charge in [-0.3, -0.25) is 14.5 Å². The van der Waals surface area contributed by atoms with Gasteiger partial charge in [0.25, 0.3) is 5.91 Å². The van der Waals surface area contributed by atoms with E-state index in [0.29, 0.717) is 21.7 Å². The van der Waals surface area contributed by atoms with Crippen LogP contribution in [-0.4, -0.2) is 28.3 Å². The molecule has 0 saturated heterocycles. The first kappa shape index (κ1) is 18.8. The lowest BCUT2D eigenvalue weighted by Crippen LogP contribution is -2.29. The standard InChI is InChI=1S/C20H12BrN3O5S/c1-28-14-6-9(2-4-12(14)25)16-15-17(26)11-7-10(21)3-5-13(11)29-18(15)19(27)24(16)20-23-22-8-30-20/h2-8,16,25H,1H3. The van der Waals surface area contributed by atoms with Gasteiger partial charge in [-0.05, 0) is 35.9 Å². The van der Waals surface area contributed by atoms with E-state index in [0.717, 1.165) is 4.47 Å². The number of aromatic nitrogens is 2. The van der Waals surface area contributed by atoms with Crippen molar-refractivity contribution in [2.24, 2.45) is 0 Å². The summed E-state index contributed by atoms with van der Waals surface area (Å²) in [5, 5.41) is 18.5. The number of aromatic hydroxyl groups is 1. The van der Waals surface area contributed by atoms with Crippen LogP contribution < -0.4 is 15.1 Å². The summed E-state index contributed by atoms with van der Waals surface area (Å²) in [5.74, 6) is -0.357. The first-order valence-electron chi connectivity index (χ1n) is 8.72. The van der Waals surface area contributed by atoms with Crippen molar-refractivity contribution in [3.63, 3.8) is 0 Å². The number of halogens is 1. The summed E-state index contributed by atoms with van der Waals surface area (Å²) in [6.07, 6.45) is 0. The van der Waals surface area contributed by atoms with E-state index in [-0.39, 0.29) is 28.3 Å². The smallest absolute Gasteiger partial charge is 0.297 e. The number of anilines is 1. The molecule has 1 aliphatic rings. The van der Waals surface area contributed by atoms with Gasteiger partial charge in [-0.2, -0.15) is 0 Å². The van der Waals surface area contributed by atoms with Crippen molar-refractivity contribution in [1.29, 1.82) is 0 Å². The second-order valence-corrected chi connectivity index (χ2v) is 8.27. The number of nitrogens with zero attached hydrogens (tertiary/aromatic N) is 3. The van der Waals surface area contributed by atoms with Crippen molar-refractivity contribution in [3.05, 3.63) is 73.5 Å². The van der Waals surface area contributed by atoms with E-state index in [9.17, 15) is 14.7 Å². The second-order valence-electron chi connectivity index (χ2n) is 6.54. The van der Waals surface area contributed by atoms with Gasteiger partial charge < -0.3 is 14.3 Å². The van der Waals surface area contributed by atoms with E-state index in [1.54, 1.807) is 30.3 Å². The van der Waals surface area contributed by atoms with Crippen LogP contribution in [0.5, 0.6) is 11.5 Å². The minimum atomic E-state index is -0.811. The van der Waals surface area contributed by atoms with E-state index in [2.05, 4.69) is 26.1 Å². The van der Waals surface area contributed by atoms with Crippen LogP contribution in [0, 0.1) is 0 Å². The zero-order chi connectivity index (χ0) is 21.0. The number of carbonyl (C=O) groups excluding carboxylic acids is 1. The molecule has 0 bridgehead atoms. The molecule has 0 saturated carbocycles. The van der Waals surface area contributed by atoms with Crippen LogP contribution >= 0.6 is 27.3 Å². The molecule has 150 valence electrons. The van der Waals surface area contributed by atoms with Crippen molar-refractivity contribution >= 4 is 49.3 Å². The number of fused-ring (bicyclic) bond motifs is 2. The topological polar surface area (TPSA) is 106 Å². The van der Waals surface area contributed by atoms with Gasteiger partial charge in [0.2, 0.25) is 10.9 Å². The van der Waals surface area contributed by atoms with Crippen LogP contribution in [0.3, 0.4) is 0 Å². The Kier molecular flexibility index (Phi) is 4.33. The molecule has 30 heavy (non-hydrogen) atoms. The SMILES string of the molecule is COc1cc(C2c3c(oc4ccc(Br)cc4c3=O)C(=O)N2c2nncs2)ccc1O. The Morgan fingerprint density at radius 3 is 2.80 bits per heavy atom. The molecule has 1 N–H and O–H groups in total. The monoisotopic (exact) mass is 485 g/mol. The largest absolute Gasteiger partial charge is 0.504 e. The fraction of sp³-hybridized carbons (Fsp3) is 0.100. The molecular formula is C20H12BrN3O5S. The number of phenols is 1. The summed E-state index contributed by atoms with van der Waals surface area (Å²) >= 11 is 4.54. The Morgan fingerprint density at radius 1 is 1.23 bits per heavy atom. The molecular weight excluding hydrogens is 474 g/mol. The molecule has 2 aromatic heterocycles. The molecule has 2 aromatic carbocycles. The summed E-state index contributed by atoms with van der Waals surface area (Å²) in [6.45, 7) is 0. The number of phenolic OH excluding ortho intramolecular Hbond substituents is 1. The minimum absolute atomic E-state index is 0.0398. The van der Waals surface area contributed by atoms with Crippen LogP contribution in [0.25, 0.3) is 11.0 Å².